The number of carbonyl (C=O) groups is 1. The van der Waals surface area contributed by atoms with Crippen molar-refractivity contribution in [3.8, 4) is 5.75 Å². The molecule has 126 valence electrons. The summed E-state index contributed by atoms with van der Waals surface area (Å²) in [6.45, 7) is 9.61. The largest absolute Gasteiger partial charge is 0.487 e. The van der Waals surface area contributed by atoms with E-state index in [0.717, 1.165) is 31.8 Å². The van der Waals surface area contributed by atoms with Crippen LogP contribution in [0, 0.1) is 0 Å². The van der Waals surface area contributed by atoms with Gasteiger partial charge in [-0.05, 0) is 26.3 Å². The fourth-order valence-corrected chi connectivity index (χ4v) is 3.44. The van der Waals surface area contributed by atoms with Crippen LogP contribution < -0.4 is 4.74 Å². The van der Waals surface area contributed by atoms with Crippen LogP contribution in [0.1, 0.15) is 31.9 Å². The topological polar surface area (TPSA) is 53.0 Å². The van der Waals surface area contributed by atoms with Gasteiger partial charge in [0, 0.05) is 44.7 Å². The van der Waals surface area contributed by atoms with E-state index in [1.54, 1.807) is 4.90 Å². The van der Waals surface area contributed by atoms with Gasteiger partial charge in [0.25, 0.3) is 5.91 Å². The molecule has 1 unspecified atom stereocenters. The monoisotopic (exact) mass is 318 g/mol. The zero-order valence-electron chi connectivity index (χ0n) is 14.2. The molecule has 1 saturated heterocycles. The molecule has 1 N–H and O–H groups in total. The molecule has 23 heavy (non-hydrogen) atoms. The molecule has 1 amide bonds. The molecule has 0 spiro atoms. The van der Waals surface area contributed by atoms with Crippen LogP contribution in [0.25, 0.3) is 0 Å². The van der Waals surface area contributed by atoms with Gasteiger partial charge in [-0.25, -0.2) is 0 Å². The van der Waals surface area contributed by atoms with Crippen molar-refractivity contribution >= 4 is 5.91 Å². The maximum absolute atomic E-state index is 11.8. The summed E-state index contributed by atoms with van der Waals surface area (Å²) in [6, 6.07) is 6.38. The molecule has 3 rings (SSSR count). The first-order valence-corrected chi connectivity index (χ1v) is 8.35. The maximum Gasteiger partial charge on any atom is 0.251 e. The lowest BCUT2D eigenvalue weighted by Gasteiger charge is -2.35. The summed E-state index contributed by atoms with van der Waals surface area (Å²) < 4.78 is 6.13. The highest BCUT2D eigenvalue weighted by Gasteiger charge is 2.32. The minimum Gasteiger partial charge on any atom is -0.487 e. The number of para-hydroxylation sites is 1. The number of aliphatic hydroxyl groups excluding tert-OH is 1. The average Bonchev–Trinajstić information content (AvgIpc) is 2.82. The normalized spacial score (nSPS) is 21.7. The average molecular weight is 318 g/mol. The number of rotatable bonds is 3. The van der Waals surface area contributed by atoms with Crippen molar-refractivity contribution in [2.45, 2.75) is 45.4 Å². The molecule has 0 bridgehead atoms. The highest BCUT2D eigenvalue weighted by atomic mass is 16.5. The van der Waals surface area contributed by atoms with Gasteiger partial charge in [0.15, 0.2) is 0 Å². The lowest BCUT2D eigenvalue weighted by Crippen LogP contribution is -2.50. The number of nitrogens with zero attached hydrogens (tertiary/aromatic N) is 2. The number of amides is 1. The number of fused-ring (bicyclic) bond motifs is 1. The summed E-state index contributed by atoms with van der Waals surface area (Å²) in [6.07, 6.45) is 0.0434. The molecule has 0 aromatic heterocycles. The molecule has 2 aliphatic rings. The van der Waals surface area contributed by atoms with Gasteiger partial charge in [0.2, 0.25) is 0 Å². The Morgan fingerprint density at radius 3 is 2.65 bits per heavy atom. The predicted octanol–water partition coefficient (Wildman–Crippen LogP) is 1.43. The van der Waals surface area contributed by atoms with Gasteiger partial charge in [-0.15, -0.1) is 0 Å². The van der Waals surface area contributed by atoms with E-state index >= 15 is 0 Å². The number of aliphatic hydroxyl groups is 1. The summed E-state index contributed by atoms with van der Waals surface area (Å²) in [4.78, 5) is 15.9. The summed E-state index contributed by atoms with van der Waals surface area (Å²) in [7, 11) is 0. The molecule has 5 heteroatoms. The van der Waals surface area contributed by atoms with Crippen molar-refractivity contribution < 1.29 is 14.6 Å². The summed E-state index contributed by atoms with van der Waals surface area (Å²) in [5.41, 5.74) is 2.39. The van der Waals surface area contributed by atoms with Crippen LogP contribution in [-0.4, -0.2) is 58.7 Å². The van der Waals surface area contributed by atoms with Gasteiger partial charge in [-0.1, -0.05) is 18.2 Å². The third-order valence-corrected chi connectivity index (χ3v) is 4.61. The minimum absolute atomic E-state index is 0.124. The number of hydrogen-bond acceptors (Lipinski definition) is 4. The molecule has 1 fully saturated rings. The van der Waals surface area contributed by atoms with E-state index in [-0.39, 0.29) is 11.5 Å². The van der Waals surface area contributed by atoms with Crippen LogP contribution in [0.15, 0.2) is 18.2 Å². The molecular formula is C18H26N2O3. The van der Waals surface area contributed by atoms with Crippen molar-refractivity contribution in [1.29, 1.82) is 0 Å². The Kier molecular flexibility index (Phi) is 4.34. The molecule has 0 aliphatic carbocycles. The number of carbonyl (C=O) groups excluding carboxylic acids is 1. The lowest BCUT2D eigenvalue weighted by atomic mass is 10.0. The Labute approximate surface area is 137 Å². The van der Waals surface area contributed by atoms with E-state index in [1.165, 1.54) is 18.1 Å². The molecule has 1 aromatic rings. The van der Waals surface area contributed by atoms with Crippen LogP contribution in [0.2, 0.25) is 0 Å². The quantitative estimate of drug-likeness (QED) is 0.916. The molecule has 2 heterocycles. The smallest absolute Gasteiger partial charge is 0.251 e. The van der Waals surface area contributed by atoms with E-state index < -0.39 is 6.10 Å². The Hall–Kier alpha value is -1.59. The standard InChI is InChI=1S/C18H26N2O3/c1-13(21)17(22)20-9-7-19(8-10-20)12-15-6-4-5-14-11-18(2,3)23-16(14)15/h4-6,13,21H,7-12H2,1-3H3. The van der Waals surface area contributed by atoms with Gasteiger partial charge < -0.3 is 14.7 Å². The number of ether oxygens (including phenoxy) is 1. The molecule has 0 saturated carbocycles. The third-order valence-electron chi connectivity index (χ3n) is 4.61. The van der Waals surface area contributed by atoms with E-state index in [0.29, 0.717) is 13.1 Å². The van der Waals surface area contributed by atoms with Crippen LogP contribution in [0.4, 0.5) is 0 Å². The first kappa shape index (κ1) is 16.3. The Bertz CT molecular complexity index is 590. The number of hydrogen-bond donors (Lipinski definition) is 1. The first-order chi connectivity index (χ1) is 10.9. The number of piperazine rings is 1. The van der Waals surface area contributed by atoms with Crippen molar-refractivity contribution in [3.05, 3.63) is 29.3 Å². The molecule has 0 radical (unpaired) electrons. The Morgan fingerprint density at radius 2 is 2.00 bits per heavy atom. The molecule has 1 aromatic carbocycles. The highest BCUT2D eigenvalue weighted by molar-refractivity contribution is 5.80. The van der Waals surface area contributed by atoms with Crippen molar-refractivity contribution in [2.75, 3.05) is 26.2 Å². The van der Waals surface area contributed by atoms with Crippen LogP contribution in [-0.2, 0) is 17.8 Å². The lowest BCUT2D eigenvalue weighted by molar-refractivity contribution is -0.141. The van der Waals surface area contributed by atoms with E-state index in [4.69, 9.17) is 4.74 Å². The molecular weight excluding hydrogens is 292 g/mol. The second kappa shape index (κ2) is 6.13. The SMILES string of the molecule is CC(O)C(=O)N1CCN(Cc2cccc3c2OC(C)(C)C3)CC1. The fraction of sp³-hybridized carbons (Fsp3) is 0.611. The van der Waals surface area contributed by atoms with Gasteiger partial charge in [-0.3, -0.25) is 9.69 Å². The number of benzene rings is 1. The van der Waals surface area contributed by atoms with Gasteiger partial charge >= 0.3 is 0 Å². The second-order valence-corrected chi connectivity index (χ2v) is 7.22. The second-order valence-electron chi connectivity index (χ2n) is 7.22. The molecule has 5 nitrogen and oxygen atoms in total. The van der Waals surface area contributed by atoms with E-state index in [1.807, 2.05) is 0 Å². The van der Waals surface area contributed by atoms with Gasteiger partial charge in [0.05, 0.1) is 0 Å². The van der Waals surface area contributed by atoms with E-state index in [9.17, 15) is 9.90 Å². The summed E-state index contributed by atoms with van der Waals surface area (Å²) in [5.74, 6) is 0.871. The van der Waals surface area contributed by atoms with Crippen LogP contribution in [0.3, 0.4) is 0 Å². The molecule has 1 atom stereocenters. The third kappa shape index (κ3) is 3.51. The maximum atomic E-state index is 11.8. The van der Waals surface area contributed by atoms with E-state index in [2.05, 4.69) is 36.9 Å². The summed E-state index contributed by atoms with van der Waals surface area (Å²) >= 11 is 0. The highest BCUT2D eigenvalue weighted by Crippen LogP contribution is 2.38. The van der Waals surface area contributed by atoms with Crippen molar-refractivity contribution in [1.82, 2.24) is 9.80 Å². The van der Waals surface area contributed by atoms with Crippen LogP contribution in [0.5, 0.6) is 5.75 Å². The Balaban J connectivity index is 1.63. The van der Waals surface area contributed by atoms with Crippen molar-refractivity contribution in [2.24, 2.45) is 0 Å². The fourth-order valence-electron chi connectivity index (χ4n) is 3.44. The van der Waals surface area contributed by atoms with Gasteiger partial charge in [-0.2, -0.15) is 0 Å². The zero-order chi connectivity index (χ0) is 16.6. The first-order valence-electron chi connectivity index (χ1n) is 8.35. The van der Waals surface area contributed by atoms with Gasteiger partial charge in [0.1, 0.15) is 17.5 Å². The minimum atomic E-state index is -0.908. The van der Waals surface area contributed by atoms with Crippen molar-refractivity contribution in [3.63, 3.8) is 0 Å². The summed E-state index contributed by atoms with van der Waals surface area (Å²) in [5, 5.41) is 9.41. The predicted molar refractivity (Wildman–Crippen MR) is 88.4 cm³/mol. The Morgan fingerprint density at radius 1 is 1.30 bits per heavy atom. The zero-order valence-corrected chi connectivity index (χ0v) is 14.2. The van der Waals surface area contributed by atoms with Crippen LogP contribution >= 0.6 is 0 Å². The molecule has 2 aliphatic heterocycles.